The molecule has 0 aromatic carbocycles. The third-order valence-corrected chi connectivity index (χ3v) is 5.99. The maximum Gasteiger partial charge on any atom is 0.326 e. The molecule has 0 aromatic rings. The highest BCUT2D eigenvalue weighted by molar-refractivity contribution is 5.94. The summed E-state index contributed by atoms with van der Waals surface area (Å²) in [6, 6.07) is -5.30. The van der Waals surface area contributed by atoms with E-state index < -0.39 is 91.0 Å². The fraction of sp³-hybridized carbons (Fsp3) is 0.727. The first-order valence-corrected chi connectivity index (χ1v) is 11.9. The number of ether oxygens (including phenoxy) is 1. The van der Waals surface area contributed by atoms with Crippen molar-refractivity contribution in [3.05, 3.63) is 0 Å². The minimum Gasteiger partial charge on any atom is -0.481 e. The second-order valence-corrected chi connectivity index (χ2v) is 8.95. The van der Waals surface area contributed by atoms with Crippen LogP contribution in [0.2, 0.25) is 0 Å². The molecule has 1 aliphatic rings. The fourth-order valence-electron chi connectivity index (χ4n) is 3.38. The lowest BCUT2D eigenvalue weighted by Gasteiger charge is -2.26. The van der Waals surface area contributed by atoms with Crippen LogP contribution in [0.5, 0.6) is 0 Å². The summed E-state index contributed by atoms with van der Waals surface area (Å²) in [5.74, 6) is -6.99. The Bertz CT molecular complexity index is 852. The fourth-order valence-corrected chi connectivity index (χ4v) is 3.38. The first kappa shape index (κ1) is 31.7. The van der Waals surface area contributed by atoms with Crippen LogP contribution in [-0.2, 0) is 33.5 Å². The van der Waals surface area contributed by atoms with Gasteiger partial charge in [0, 0.05) is 12.8 Å². The highest BCUT2D eigenvalue weighted by atomic mass is 16.7. The molecule has 7 unspecified atom stereocenters. The number of hydrogen-bond donors (Lipinski definition) is 8. The number of aliphatic hydroxyl groups is 1. The predicted octanol–water partition coefficient (Wildman–Crippen LogP) is -1.87. The average Bonchev–Trinajstić information content (AvgIpc) is 3.54. The molecular formula is C22H36N4O11. The Hall–Kier alpha value is -3.30. The van der Waals surface area contributed by atoms with Crippen molar-refractivity contribution in [1.82, 2.24) is 16.0 Å². The first-order chi connectivity index (χ1) is 17.3. The monoisotopic (exact) mass is 532 g/mol. The van der Waals surface area contributed by atoms with Crippen molar-refractivity contribution in [2.24, 2.45) is 11.7 Å². The van der Waals surface area contributed by atoms with Crippen LogP contribution in [0.3, 0.4) is 0 Å². The molecule has 0 spiro atoms. The van der Waals surface area contributed by atoms with E-state index in [1.807, 2.05) is 0 Å². The lowest BCUT2D eigenvalue weighted by atomic mass is 9.98. The molecule has 37 heavy (non-hydrogen) atoms. The minimum absolute atomic E-state index is 0.108. The highest BCUT2D eigenvalue weighted by Crippen LogP contribution is 2.24. The molecule has 0 aromatic heterocycles. The molecule has 15 nitrogen and oxygen atoms in total. The van der Waals surface area contributed by atoms with Gasteiger partial charge in [-0.05, 0) is 31.6 Å². The number of nitrogens with one attached hydrogen (secondary N) is 3. The number of carboxylic acid groups (broad SMARTS) is 3. The molecule has 1 saturated heterocycles. The topological polar surface area (TPSA) is 258 Å². The van der Waals surface area contributed by atoms with Gasteiger partial charge in [-0.2, -0.15) is 0 Å². The number of hydrogen-bond acceptors (Lipinski definition) is 9. The van der Waals surface area contributed by atoms with Crippen LogP contribution in [0.1, 0.15) is 58.8 Å². The predicted molar refractivity (Wildman–Crippen MR) is 125 cm³/mol. The van der Waals surface area contributed by atoms with E-state index in [1.54, 1.807) is 13.8 Å². The third-order valence-electron chi connectivity index (χ3n) is 5.99. The van der Waals surface area contributed by atoms with Crippen molar-refractivity contribution in [2.75, 3.05) is 0 Å². The third kappa shape index (κ3) is 11.5. The molecule has 1 heterocycles. The van der Waals surface area contributed by atoms with E-state index in [2.05, 4.69) is 16.0 Å². The largest absolute Gasteiger partial charge is 0.481 e. The van der Waals surface area contributed by atoms with Crippen molar-refractivity contribution in [2.45, 2.75) is 95.4 Å². The summed E-state index contributed by atoms with van der Waals surface area (Å²) < 4.78 is 4.82. The summed E-state index contributed by atoms with van der Waals surface area (Å²) in [6.07, 6.45) is -2.36. The number of aliphatic hydroxyl groups excluding tert-OH is 1. The maximum atomic E-state index is 12.9. The van der Waals surface area contributed by atoms with Crippen molar-refractivity contribution in [3.63, 3.8) is 0 Å². The Kier molecular flexibility index (Phi) is 12.9. The second kappa shape index (κ2) is 15.1. The van der Waals surface area contributed by atoms with Gasteiger partial charge < -0.3 is 46.8 Å². The van der Waals surface area contributed by atoms with Gasteiger partial charge in [-0.15, -0.1) is 0 Å². The highest BCUT2D eigenvalue weighted by Gasteiger charge is 2.37. The molecule has 1 aliphatic heterocycles. The van der Waals surface area contributed by atoms with Crippen LogP contribution in [0.4, 0.5) is 0 Å². The first-order valence-electron chi connectivity index (χ1n) is 11.9. The molecule has 210 valence electrons. The van der Waals surface area contributed by atoms with Gasteiger partial charge in [0.1, 0.15) is 24.2 Å². The maximum absolute atomic E-state index is 12.9. The molecular weight excluding hydrogens is 496 g/mol. The minimum atomic E-state index is -1.47. The van der Waals surface area contributed by atoms with Gasteiger partial charge in [0.05, 0.1) is 6.04 Å². The quantitative estimate of drug-likeness (QED) is 0.0903. The van der Waals surface area contributed by atoms with Crippen molar-refractivity contribution >= 4 is 35.6 Å². The van der Waals surface area contributed by atoms with Gasteiger partial charge in [0.15, 0.2) is 6.29 Å². The van der Waals surface area contributed by atoms with Gasteiger partial charge in [-0.3, -0.25) is 24.0 Å². The summed E-state index contributed by atoms with van der Waals surface area (Å²) in [5.41, 5.74) is 5.82. The molecule has 1 fully saturated rings. The molecule has 0 radical (unpaired) electrons. The standard InChI is InChI=1S/C22H36N4O11/c1-3-10(2)17(21(34)35)26-20(33)13(6-9-16(29)30)25-19(32)12(5-8-15(27)28)24-18(31)11(23)4-7-14-22(36)37-14/h10-14,17,22,36H,3-9,23H2,1-2H3,(H,24,31)(H,25,32)(H,26,33)(H,27,28)(H,29,30)(H,34,35). The molecule has 1 rings (SSSR count). The summed E-state index contributed by atoms with van der Waals surface area (Å²) >= 11 is 0. The van der Waals surface area contributed by atoms with E-state index in [0.29, 0.717) is 6.42 Å². The number of carboxylic acids is 3. The average molecular weight is 533 g/mol. The van der Waals surface area contributed by atoms with Crippen LogP contribution in [0.15, 0.2) is 0 Å². The van der Waals surface area contributed by atoms with Gasteiger partial charge in [0.2, 0.25) is 17.7 Å². The van der Waals surface area contributed by atoms with Crippen LogP contribution in [-0.4, -0.2) is 92.6 Å². The van der Waals surface area contributed by atoms with E-state index in [0.717, 1.165) is 0 Å². The molecule has 9 N–H and O–H groups in total. The Morgan fingerprint density at radius 1 is 0.838 bits per heavy atom. The molecule has 0 saturated carbocycles. The Morgan fingerprint density at radius 2 is 1.30 bits per heavy atom. The molecule has 7 atom stereocenters. The van der Waals surface area contributed by atoms with Crippen LogP contribution < -0.4 is 21.7 Å². The van der Waals surface area contributed by atoms with Crippen molar-refractivity contribution in [1.29, 1.82) is 0 Å². The van der Waals surface area contributed by atoms with E-state index >= 15 is 0 Å². The number of carbonyl (C=O) groups is 6. The summed E-state index contributed by atoms with van der Waals surface area (Å²) in [7, 11) is 0. The molecule has 15 heteroatoms. The van der Waals surface area contributed by atoms with Crippen molar-refractivity contribution in [3.8, 4) is 0 Å². The number of amides is 3. The number of epoxide rings is 1. The lowest BCUT2D eigenvalue weighted by Crippen LogP contribution is -2.57. The Morgan fingerprint density at radius 3 is 1.70 bits per heavy atom. The molecule has 3 amide bonds. The normalized spacial score (nSPS) is 20.4. The smallest absolute Gasteiger partial charge is 0.326 e. The summed E-state index contributed by atoms with van der Waals surface area (Å²) in [6.45, 7) is 3.32. The van der Waals surface area contributed by atoms with E-state index in [-0.39, 0.29) is 25.7 Å². The number of aliphatic carboxylic acids is 3. The SMILES string of the molecule is CCC(C)C(NC(=O)C(CCC(=O)O)NC(=O)C(CCC(=O)O)NC(=O)C(N)CCC1OC1O)C(=O)O. The zero-order chi connectivity index (χ0) is 28.3. The van der Waals surface area contributed by atoms with Crippen LogP contribution in [0.25, 0.3) is 0 Å². The Labute approximate surface area is 213 Å². The molecule has 0 bridgehead atoms. The summed E-state index contributed by atoms with van der Waals surface area (Å²) in [4.78, 5) is 71.9. The van der Waals surface area contributed by atoms with Crippen molar-refractivity contribution < 1.29 is 53.9 Å². The van der Waals surface area contributed by atoms with Gasteiger partial charge in [0.25, 0.3) is 0 Å². The number of nitrogens with two attached hydrogens (primary N) is 1. The zero-order valence-electron chi connectivity index (χ0n) is 20.7. The van der Waals surface area contributed by atoms with E-state index in [1.165, 1.54) is 0 Å². The van der Waals surface area contributed by atoms with Gasteiger partial charge in [-0.25, -0.2) is 4.79 Å². The van der Waals surface area contributed by atoms with Gasteiger partial charge in [-0.1, -0.05) is 20.3 Å². The van der Waals surface area contributed by atoms with Crippen LogP contribution >= 0.6 is 0 Å². The second-order valence-electron chi connectivity index (χ2n) is 8.95. The van der Waals surface area contributed by atoms with E-state index in [4.69, 9.17) is 20.7 Å². The number of carbonyl (C=O) groups excluding carboxylic acids is 3. The Balaban J connectivity index is 2.95. The summed E-state index contributed by atoms with van der Waals surface area (Å²) in [5, 5.41) is 43.6. The lowest BCUT2D eigenvalue weighted by molar-refractivity contribution is -0.144. The van der Waals surface area contributed by atoms with E-state index in [9.17, 15) is 39.0 Å². The van der Waals surface area contributed by atoms with Crippen LogP contribution in [0, 0.1) is 5.92 Å². The number of rotatable bonds is 18. The van der Waals surface area contributed by atoms with Gasteiger partial charge >= 0.3 is 17.9 Å². The molecule has 0 aliphatic carbocycles. The zero-order valence-corrected chi connectivity index (χ0v) is 20.7.